The maximum Gasteiger partial charge on any atom is 0.255 e. The number of anilines is 2. The Morgan fingerprint density at radius 3 is 2.52 bits per heavy atom. The Morgan fingerprint density at radius 1 is 1.04 bits per heavy atom. The first-order valence-corrected chi connectivity index (χ1v) is 8.30. The van der Waals surface area contributed by atoms with Gasteiger partial charge in [0.05, 0.1) is 5.92 Å². The van der Waals surface area contributed by atoms with Crippen LogP contribution in [0, 0.1) is 11.7 Å². The van der Waals surface area contributed by atoms with Crippen molar-refractivity contribution < 1.29 is 14.0 Å². The molecule has 0 bridgehead atoms. The molecule has 0 spiro atoms. The Hall–Kier alpha value is -2.73. The van der Waals surface area contributed by atoms with Crippen LogP contribution in [0.15, 0.2) is 48.5 Å². The molecule has 1 aliphatic heterocycles. The van der Waals surface area contributed by atoms with Crippen molar-refractivity contribution in [3.63, 3.8) is 0 Å². The molecule has 1 aliphatic rings. The SMILES string of the molecule is O=C(Nc1cccc(F)c1)c1cccc(NC(=O)C2CCCNC2)c1. The van der Waals surface area contributed by atoms with Gasteiger partial charge in [-0.2, -0.15) is 0 Å². The van der Waals surface area contributed by atoms with Crippen LogP contribution < -0.4 is 16.0 Å². The lowest BCUT2D eigenvalue weighted by Crippen LogP contribution is -2.37. The summed E-state index contributed by atoms with van der Waals surface area (Å²) in [6.07, 6.45) is 1.84. The third-order valence-electron chi connectivity index (χ3n) is 4.14. The maximum absolute atomic E-state index is 13.2. The van der Waals surface area contributed by atoms with Gasteiger partial charge in [0.2, 0.25) is 5.91 Å². The van der Waals surface area contributed by atoms with Gasteiger partial charge in [0.1, 0.15) is 5.82 Å². The average molecular weight is 341 g/mol. The third-order valence-corrected chi connectivity index (χ3v) is 4.14. The summed E-state index contributed by atoms with van der Waals surface area (Å²) in [6, 6.07) is 12.4. The van der Waals surface area contributed by atoms with E-state index in [1.165, 1.54) is 18.2 Å². The molecular weight excluding hydrogens is 321 g/mol. The summed E-state index contributed by atoms with van der Waals surface area (Å²) in [5.41, 5.74) is 1.35. The third kappa shape index (κ3) is 4.64. The van der Waals surface area contributed by atoms with Crippen LogP contribution in [0.1, 0.15) is 23.2 Å². The smallest absolute Gasteiger partial charge is 0.255 e. The first-order chi connectivity index (χ1) is 12.1. The van der Waals surface area contributed by atoms with Gasteiger partial charge in [-0.1, -0.05) is 12.1 Å². The van der Waals surface area contributed by atoms with Gasteiger partial charge in [0.15, 0.2) is 0 Å². The quantitative estimate of drug-likeness (QED) is 0.801. The van der Waals surface area contributed by atoms with Crippen LogP contribution in [0.3, 0.4) is 0 Å². The molecule has 1 heterocycles. The Balaban J connectivity index is 1.66. The molecule has 0 saturated carbocycles. The number of nitrogens with one attached hydrogen (secondary N) is 3. The number of carbonyl (C=O) groups excluding carboxylic acids is 2. The molecule has 0 aliphatic carbocycles. The lowest BCUT2D eigenvalue weighted by molar-refractivity contribution is -0.120. The predicted molar refractivity (Wildman–Crippen MR) is 95.0 cm³/mol. The minimum Gasteiger partial charge on any atom is -0.326 e. The Morgan fingerprint density at radius 2 is 1.80 bits per heavy atom. The Kier molecular flexibility index (Phi) is 5.40. The average Bonchev–Trinajstić information content (AvgIpc) is 2.62. The molecule has 2 aromatic carbocycles. The molecule has 3 rings (SSSR count). The second-order valence-corrected chi connectivity index (χ2v) is 6.08. The fourth-order valence-corrected chi connectivity index (χ4v) is 2.83. The van der Waals surface area contributed by atoms with Crippen molar-refractivity contribution in [2.24, 2.45) is 5.92 Å². The zero-order chi connectivity index (χ0) is 17.6. The van der Waals surface area contributed by atoms with Crippen molar-refractivity contribution in [1.29, 1.82) is 0 Å². The van der Waals surface area contributed by atoms with Gasteiger partial charge in [0.25, 0.3) is 5.91 Å². The van der Waals surface area contributed by atoms with E-state index in [9.17, 15) is 14.0 Å². The molecule has 0 aromatic heterocycles. The molecule has 2 amide bonds. The lowest BCUT2D eigenvalue weighted by Gasteiger charge is -2.22. The van der Waals surface area contributed by atoms with Crippen molar-refractivity contribution in [3.8, 4) is 0 Å². The summed E-state index contributed by atoms with van der Waals surface area (Å²) in [4.78, 5) is 24.6. The highest BCUT2D eigenvalue weighted by atomic mass is 19.1. The van der Waals surface area contributed by atoms with E-state index in [2.05, 4.69) is 16.0 Å². The minimum atomic E-state index is -0.417. The van der Waals surface area contributed by atoms with E-state index >= 15 is 0 Å². The summed E-state index contributed by atoms with van der Waals surface area (Å²) in [5.74, 6) is -0.880. The number of benzene rings is 2. The highest BCUT2D eigenvalue weighted by Gasteiger charge is 2.21. The molecule has 1 atom stereocenters. The fraction of sp³-hybridized carbons (Fsp3) is 0.263. The van der Waals surface area contributed by atoms with Gasteiger partial charge in [0, 0.05) is 23.5 Å². The van der Waals surface area contributed by atoms with Crippen molar-refractivity contribution in [2.45, 2.75) is 12.8 Å². The van der Waals surface area contributed by atoms with E-state index in [1.54, 1.807) is 30.3 Å². The van der Waals surface area contributed by atoms with Crippen molar-refractivity contribution in [3.05, 3.63) is 59.9 Å². The van der Waals surface area contributed by atoms with Gasteiger partial charge < -0.3 is 16.0 Å². The van der Waals surface area contributed by atoms with E-state index < -0.39 is 5.82 Å². The number of hydrogen-bond donors (Lipinski definition) is 3. The lowest BCUT2D eigenvalue weighted by atomic mass is 9.98. The van der Waals surface area contributed by atoms with Crippen LogP contribution in [0.25, 0.3) is 0 Å². The molecule has 130 valence electrons. The van der Waals surface area contributed by atoms with E-state index in [4.69, 9.17) is 0 Å². The van der Waals surface area contributed by atoms with Crippen LogP contribution in [0.5, 0.6) is 0 Å². The molecule has 5 nitrogen and oxygen atoms in total. The summed E-state index contributed by atoms with van der Waals surface area (Å²) in [6.45, 7) is 1.62. The zero-order valence-electron chi connectivity index (χ0n) is 13.7. The molecule has 2 aromatic rings. The normalized spacial score (nSPS) is 16.9. The van der Waals surface area contributed by atoms with Crippen molar-refractivity contribution >= 4 is 23.2 Å². The Bertz CT molecular complexity index is 773. The monoisotopic (exact) mass is 341 g/mol. The van der Waals surface area contributed by atoms with Crippen LogP contribution in [-0.2, 0) is 4.79 Å². The highest BCUT2D eigenvalue weighted by Crippen LogP contribution is 2.17. The van der Waals surface area contributed by atoms with Crippen LogP contribution >= 0.6 is 0 Å². The topological polar surface area (TPSA) is 70.2 Å². The van der Waals surface area contributed by atoms with Gasteiger partial charge in [-0.05, 0) is 55.8 Å². The summed E-state index contributed by atoms with van der Waals surface area (Å²) < 4.78 is 13.2. The molecule has 1 fully saturated rings. The maximum atomic E-state index is 13.2. The summed E-state index contributed by atoms with van der Waals surface area (Å²) in [7, 11) is 0. The molecule has 3 N–H and O–H groups in total. The van der Waals surface area contributed by atoms with Gasteiger partial charge in [-0.15, -0.1) is 0 Å². The van der Waals surface area contributed by atoms with E-state index in [-0.39, 0.29) is 17.7 Å². The summed E-state index contributed by atoms with van der Waals surface area (Å²) in [5, 5.41) is 8.71. The minimum absolute atomic E-state index is 0.0464. The van der Waals surface area contributed by atoms with Gasteiger partial charge >= 0.3 is 0 Å². The molecule has 0 radical (unpaired) electrons. The first-order valence-electron chi connectivity index (χ1n) is 8.30. The number of rotatable bonds is 4. The first kappa shape index (κ1) is 17.1. The number of piperidine rings is 1. The number of amides is 2. The largest absolute Gasteiger partial charge is 0.326 e. The second kappa shape index (κ2) is 7.90. The van der Waals surface area contributed by atoms with E-state index in [1.807, 2.05) is 0 Å². The van der Waals surface area contributed by atoms with E-state index in [0.29, 0.717) is 23.5 Å². The van der Waals surface area contributed by atoms with Crippen LogP contribution in [0.2, 0.25) is 0 Å². The van der Waals surface area contributed by atoms with Gasteiger partial charge in [-0.3, -0.25) is 9.59 Å². The number of hydrogen-bond acceptors (Lipinski definition) is 3. The van der Waals surface area contributed by atoms with Crippen molar-refractivity contribution in [1.82, 2.24) is 5.32 Å². The second-order valence-electron chi connectivity index (χ2n) is 6.08. The standard InChI is InChI=1S/C19H20FN3O2/c20-15-6-2-8-17(11-15)23-18(24)13-4-1-7-16(10-13)22-19(25)14-5-3-9-21-12-14/h1-2,4,6-8,10-11,14,21H,3,5,9,12H2,(H,22,25)(H,23,24). The number of carbonyl (C=O) groups is 2. The zero-order valence-corrected chi connectivity index (χ0v) is 13.7. The summed E-state index contributed by atoms with van der Waals surface area (Å²) >= 11 is 0. The molecule has 6 heteroatoms. The molecular formula is C19H20FN3O2. The fourth-order valence-electron chi connectivity index (χ4n) is 2.83. The predicted octanol–water partition coefficient (Wildman–Crippen LogP) is 3.02. The highest BCUT2D eigenvalue weighted by molar-refractivity contribution is 6.05. The van der Waals surface area contributed by atoms with Crippen molar-refractivity contribution in [2.75, 3.05) is 23.7 Å². The van der Waals surface area contributed by atoms with Gasteiger partial charge in [-0.25, -0.2) is 4.39 Å². The molecule has 1 unspecified atom stereocenters. The van der Waals surface area contributed by atoms with Crippen LogP contribution in [-0.4, -0.2) is 24.9 Å². The molecule has 25 heavy (non-hydrogen) atoms. The van der Waals surface area contributed by atoms with Crippen LogP contribution in [0.4, 0.5) is 15.8 Å². The molecule has 1 saturated heterocycles. The number of halogens is 1. The van der Waals surface area contributed by atoms with E-state index in [0.717, 1.165) is 19.4 Å². The Labute approximate surface area is 145 Å².